The van der Waals surface area contributed by atoms with E-state index in [1.807, 2.05) is 0 Å². The third-order valence-electron chi connectivity index (χ3n) is 4.08. The normalized spacial score (nSPS) is 17.4. The maximum atomic E-state index is 12.4. The number of ketones is 1. The minimum Gasteiger partial charge on any atom is -0.486 e. The molecule has 0 spiro atoms. The molecule has 0 radical (unpaired) electrons. The Morgan fingerprint density at radius 2 is 2.24 bits per heavy atom. The average Bonchev–Trinajstić information content (AvgIpc) is 3.08. The summed E-state index contributed by atoms with van der Waals surface area (Å²) in [6, 6.07) is 8.39. The van der Waals surface area contributed by atoms with E-state index in [1.165, 1.54) is 13.0 Å². The van der Waals surface area contributed by atoms with Gasteiger partial charge in [-0.3, -0.25) is 9.59 Å². The number of piperidine rings is 1. The van der Waals surface area contributed by atoms with E-state index in [0.717, 1.165) is 6.42 Å². The van der Waals surface area contributed by atoms with Crippen LogP contribution in [0.15, 0.2) is 34.9 Å². The number of carbonyl (C=O) groups excluding carboxylic acids is 2. The van der Waals surface area contributed by atoms with Crippen molar-refractivity contribution in [2.24, 2.45) is 0 Å². The van der Waals surface area contributed by atoms with Crippen molar-refractivity contribution in [3.8, 4) is 5.75 Å². The average molecular weight is 344 g/mol. The zero-order valence-corrected chi connectivity index (χ0v) is 14.0. The molecule has 7 heteroatoms. The molecule has 1 saturated heterocycles. The number of aliphatic hydroxyl groups excluding tert-OH is 1. The Bertz CT molecular complexity index is 770. The molecule has 1 amide bonds. The fourth-order valence-corrected chi connectivity index (χ4v) is 2.74. The molecule has 0 bridgehead atoms. The molecule has 1 unspecified atom stereocenters. The molecule has 1 aromatic heterocycles. The lowest BCUT2D eigenvalue weighted by Crippen LogP contribution is -2.42. The third kappa shape index (κ3) is 4.24. The van der Waals surface area contributed by atoms with Crippen molar-refractivity contribution in [2.45, 2.75) is 32.5 Å². The fraction of sp³-hybridized carbons (Fsp3) is 0.389. The van der Waals surface area contributed by atoms with Gasteiger partial charge in [0.25, 0.3) is 5.91 Å². The van der Waals surface area contributed by atoms with Crippen LogP contribution in [0.25, 0.3) is 0 Å². The maximum absolute atomic E-state index is 12.4. The fourth-order valence-electron chi connectivity index (χ4n) is 2.74. The van der Waals surface area contributed by atoms with E-state index in [0.29, 0.717) is 36.6 Å². The molecule has 7 nitrogen and oxygen atoms in total. The smallest absolute Gasteiger partial charge is 0.276 e. The number of ether oxygens (including phenoxy) is 1. The second-order valence-electron chi connectivity index (χ2n) is 6.10. The van der Waals surface area contributed by atoms with Crippen LogP contribution in [0.2, 0.25) is 0 Å². The van der Waals surface area contributed by atoms with E-state index in [2.05, 4.69) is 5.16 Å². The van der Waals surface area contributed by atoms with Crippen LogP contribution in [0, 0.1) is 0 Å². The first-order chi connectivity index (χ1) is 12.0. The van der Waals surface area contributed by atoms with E-state index in [-0.39, 0.29) is 24.0 Å². The summed E-state index contributed by atoms with van der Waals surface area (Å²) in [5, 5.41) is 13.5. The number of nitrogens with zero attached hydrogens (tertiary/aromatic N) is 2. The molecule has 132 valence electrons. The van der Waals surface area contributed by atoms with Crippen LogP contribution in [0.3, 0.4) is 0 Å². The monoisotopic (exact) mass is 344 g/mol. The van der Waals surface area contributed by atoms with Crippen molar-refractivity contribution in [3.63, 3.8) is 0 Å². The van der Waals surface area contributed by atoms with Crippen LogP contribution < -0.4 is 4.74 Å². The summed E-state index contributed by atoms with van der Waals surface area (Å²) in [7, 11) is 0. The van der Waals surface area contributed by atoms with E-state index >= 15 is 0 Å². The van der Waals surface area contributed by atoms with Crippen molar-refractivity contribution >= 4 is 11.7 Å². The van der Waals surface area contributed by atoms with Gasteiger partial charge in [-0.15, -0.1) is 0 Å². The van der Waals surface area contributed by atoms with Gasteiger partial charge in [0.15, 0.2) is 17.2 Å². The molecule has 0 aliphatic carbocycles. The number of hydrogen-bond acceptors (Lipinski definition) is 6. The summed E-state index contributed by atoms with van der Waals surface area (Å²) < 4.78 is 10.7. The van der Waals surface area contributed by atoms with Crippen molar-refractivity contribution in [2.75, 3.05) is 13.1 Å². The summed E-state index contributed by atoms with van der Waals surface area (Å²) in [6.07, 6.45) is 0.995. The lowest BCUT2D eigenvalue weighted by atomic mass is 10.1. The maximum Gasteiger partial charge on any atom is 0.276 e. The standard InChI is InChI=1S/C18H20N2O5/c1-12(21)13-4-2-6-15(8-13)24-11-16-9-17(19-25-16)18(23)20-7-3-5-14(22)10-20/h2,4,6,8-9,14,22H,3,5,7,10-11H2,1H3. The van der Waals surface area contributed by atoms with Gasteiger partial charge in [-0.05, 0) is 31.9 Å². The Kier molecular flexibility index (Phi) is 5.14. The molecule has 25 heavy (non-hydrogen) atoms. The second-order valence-corrected chi connectivity index (χ2v) is 6.10. The van der Waals surface area contributed by atoms with Gasteiger partial charge in [-0.2, -0.15) is 0 Å². The van der Waals surface area contributed by atoms with Gasteiger partial charge in [0.1, 0.15) is 12.4 Å². The minimum atomic E-state index is -0.485. The number of Topliss-reactive ketones (excluding diaryl/α,β-unsaturated/α-hetero) is 1. The number of aromatic nitrogens is 1. The number of hydrogen-bond donors (Lipinski definition) is 1. The number of aliphatic hydroxyl groups is 1. The molecule has 1 fully saturated rings. The Morgan fingerprint density at radius 3 is 3.00 bits per heavy atom. The highest BCUT2D eigenvalue weighted by atomic mass is 16.5. The number of benzene rings is 1. The van der Waals surface area contributed by atoms with Gasteiger partial charge in [0.05, 0.1) is 6.10 Å². The molecule has 1 aliphatic heterocycles. The molecule has 3 rings (SSSR count). The largest absolute Gasteiger partial charge is 0.486 e. The molecule has 0 saturated carbocycles. The molecule has 1 aromatic carbocycles. The summed E-state index contributed by atoms with van der Waals surface area (Å²) in [4.78, 5) is 25.3. The van der Waals surface area contributed by atoms with Crippen LogP contribution in [0.4, 0.5) is 0 Å². The minimum absolute atomic E-state index is 0.0401. The van der Waals surface area contributed by atoms with E-state index in [9.17, 15) is 14.7 Å². The first-order valence-electron chi connectivity index (χ1n) is 8.19. The predicted molar refractivity (Wildman–Crippen MR) is 88.4 cm³/mol. The van der Waals surface area contributed by atoms with Gasteiger partial charge < -0.3 is 19.3 Å². The Hall–Kier alpha value is -2.67. The summed E-state index contributed by atoms with van der Waals surface area (Å²) >= 11 is 0. The van der Waals surface area contributed by atoms with E-state index in [4.69, 9.17) is 9.26 Å². The molecule has 1 atom stereocenters. The zero-order valence-electron chi connectivity index (χ0n) is 14.0. The molecule has 1 aliphatic rings. The summed E-state index contributed by atoms with van der Waals surface area (Å²) in [5.41, 5.74) is 0.764. The van der Waals surface area contributed by atoms with Crippen LogP contribution in [-0.2, 0) is 6.61 Å². The summed E-state index contributed by atoms with van der Waals surface area (Å²) in [6.45, 7) is 2.51. The van der Waals surface area contributed by atoms with Crippen molar-refractivity contribution in [1.29, 1.82) is 0 Å². The molecular weight excluding hydrogens is 324 g/mol. The first kappa shape index (κ1) is 17.2. The highest BCUT2D eigenvalue weighted by Gasteiger charge is 2.25. The Labute approximate surface area is 145 Å². The number of β-amino-alcohol motifs (C(OH)–C–C–N with tert-alkyl or cyclic N) is 1. The van der Waals surface area contributed by atoms with Gasteiger partial charge >= 0.3 is 0 Å². The SMILES string of the molecule is CC(=O)c1cccc(OCc2cc(C(=O)N3CCCC(O)C3)no2)c1. The third-order valence-corrected chi connectivity index (χ3v) is 4.08. The Balaban J connectivity index is 1.61. The van der Waals surface area contributed by atoms with Gasteiger partial charge in [-0.25, -0.2) is 0 Å². The van der Waals surface area contributed by atoms with Crippen LogP contribution in [0.1, 0.15) is 46.4 Å². The molecule has 1 N–H and O–H groups in total. The second kappa shape index (κ2) is 7.48. The first-order valence-corrected chi connectivity index (χ1v) is 8.19. The highest BCUT2D eigenvalue weighted by molar-refractivity contribution is 5.94. The van der Waals surface area contributed by atoms with Gasteiger partial charge in [-0.1, -0.05) is 17.3 Å². The van der Waals surface area contributed by atoms with Crippen LogP contribution in [-0.4, -0.2) is 46.0 Å². The van der Waals surface area contributed by atoms with Crippen LogP contribution >= 0.6 is 0 Å². The lowest BCUT2D eigenvalue weighted by Gasteiger charge is -2.29. The topological polar surface area (TPSA) is 92.9 Å². The number of likely N-dealkylation sites (tertiary alicyclic amines) is 1. The van der Waals surface area contributed by atoms with E-state index < -0.39 is 6.10 Å². The summed E-state index contributed by atoms with van der Waals surface area (Å²) in [5.74, 6) is 0.652. The number of amides is 1. The quantitative estimate of drug-likeness (QED) is 0.835. The van der Waals surface area contributed by atoms with Crippen molar-refractivity contribution < 1.29 is 24.0 Å². The molecule has 2 aromatic rings. The van der Waals surface area contributed by atoms with Crippen molar-refractivity contribution in [1.82, 2.24) is 10.1 Å². The molecule has 2 heterocycles. The van der Waals surface area contributed by atoms with E-state index in [1.54, 1.807) is 29.2 Å². The highest BCUT2D eigenvalue weighted by Crippen LogP contribution is 2.17. The van der Waals surface area contributed by atoms with Gasteiger partial charge in [0, 0.05) is 24.7 Å². The zero-order chi connectivity index (χ0) is 17.8. The predicted octanol–water partition coefficient (Wildman–Crippen LogP) is 2.05. The van der Waals surface area contributed by atoms with Crippen molar-refractivity contribution in [3.05, 3.63) is 47.3 Å². The number of carbonyl (C=O) groups is 2. The van der Waals surface area contributed by atoms with Crippen LogP contribution in [0.5, 0.6) is 5.75 Å². The Morgan fingerprint density at radius 1 is 1.40 bits per heavy atom. The number of rotatable bonds is 5. The molecular formula is C18H20N2O5. The van der Waals surface area contributed by atoms with Gasteiger partial charge in [0.2, 0.25) is 0 Å². The lowest BCUT2D eigenvalue weighted by molar-refractivity contribution is 0.0465.